The van der Waals surface area contributed by atoms with Gasteiger partial charge in [-0.1, -0.05) is 23.7 Å². The van der Waals surface area contributed by atoms with Gasteiger partial charge in [-0.15, -0.1) is 0 Å². The molecule has 0 spiro atoms. The Balaban J connectivity index is 2.26. The van der Waals surface area contributed by atoms with E-state index in [0.717, 1.165) is 23.8 Å². The van der Waals surface area contributed by atoms with Gasteiger partial charge in [0.25, 0.3) is 0 Å². The molecule has 0 aliphatic carbocycles. The quantitative estimate of drug-likeness (QED) is 0.833. The minimum absolute atomic E-state index is 0.0692. The number of nitrogens with two attached hydrogens (primary N) is 1. The Kier molecular flexibility index (Phi) is 4.44. The van der Waals surface area contributed by atoms with E-state index in [4.69, 9.17) is 17.3 Å². The van der Waals surface area contributed by atoms with Gasteiger partial charge in [0.1, 0.15) is 0 Å². The van der Waals surface area contributed by atoms with Gasteiger partial charge in [0.2, 0.25) is 0 Å². The first-order valence-electron chi connectivity index (χ1n) is 6.16. The van der Waals surface area contributed by atoms with Gasteiger partial charge in [0.05, 0.1) is 11.7 Å². The summed E-state index contributed by atoms with van der Waals surface area (Å²) in [7, 11) is 0. The van der Waals surface area contributed by atoms with E-state index in [1.807, 2.05) is 0 Å². The Hall–Kier alpha value is -1.72. The minimum Gasteiger partial charge on any atom is -0.398 e. The summed E-state index contributed by atoms with van der Waals surface area (Å²) in [5.41, 5.74) is 5.78. The second-order valence-corrected chi connectivity index (χ2v) is 5.12. The topological polar surface area (TPSA) is 46.2 Å². The molecule has 2 aromatic rings. The van der Waals surface area contributed by atoms with Gasteiger partial charge in [-0.25, -0.2) is 0 Å². The highest BCUT2D eigenvalue weighted by Gasteiger charge is 2.31. The molecule has 2 nitrogen and oxygen atoms in total. The number of anilines is 1. The summed E-state index contributed by atoms with van der Waals surface area (Å²) in [4.78, 5) is 0. The molecule has 0 radical (unpaired) electrons. The van der Waals surface area contributed by atoms with E-state index in [-0.39, 0.29) is 17.7 Å². The van der Waals surface area contributed by atoms with Gasteiger partial charge in [0, 0.05) is 22.7 Å². The van der Waals surface area contributed by atoms with E-state index in [1.165, 1.54) is 0 Å². The second kappa shape index (κ2) is 5.95. The van der Waals surface area contributed by atoms with Gasteiger partial charge in [-0.3, -0.25) is 0 Å². The summed E-state index contributed by atoms with van der Waals surface area (Å²) >= 11 is 5.75. The van der Waals surface area contributed by atoms with Crippen LogP contribution in [0.15, 0.2) is 42.5 Å². The third-order valence-electron chi connectivity index (χ3n) is 3.12. The normalized spacial score (nSPS) is 13.2. The van der Waals surface area contributed by atoms with Crippen molar-refractivity contribution >= 4 is 17.3 Å². The second-order valence-electron chi connectivity index (χ2n) is 4.69. The number of nitrogen functional groups attached to an aromatic ring is 1. The van der Waals surface area contributed by atoms with Gasteiger partial charge >= 0.3 is 6.18 Å². The molecule has 1 atom stereocenters. The summed E-state index contributed by atoms with van der Waals surface area (Å²) in [6.45, 7) is 0. The highest BCUT2D eigenvalue weighted by Crippen LogP contribution is 2.33. The number of alkyl halides is 3. The Labute approximate surface area is 125 Å². The molecule has 0 aliphatic rings. The molecule has 0 bridgehead atoms. The van der Waals surface area contributed by atoms with Crippen LogP contribution in [0.25, 0.3) is 0 Å². The number of rotatable bonds is 3. The summed E-state index contributed by atoms with van der Waals surface area (Å²) < 4.78 is 38.1. The zero-order valence-corrected chi connectivity index (χ0v) is 11.6. The molecule has 2 aromatic carbocycles. The van der Waals surface area contributed by atoms with Crippen LogP contribution < -0.4 is 5.73 Å². The van der Waals surface area contributed by atoms with E-state index in [9.17, 15) is 18.3 Å². The fourth-order valence-electron chi connectivity index (χ4n) is 1.99. The van der Waals surface area contributed by atoms with Crippen molar-refractivity contribution in [2.24, 2.45) is 0 Å². The van der Waals surface area contributed by atoms with Crippen molar-refractivity contribution in [1.82, 2.24) is 0 Å². The predicted octanol–water partition coefficient (Wildman–Crippen LogP) is 4.22. The number of hydrogen-bond donors (Lipinski definition) is 2. The van der Waals surface area contributed by atoms with Gasteiger partial charge in [-0.2, -0.15) is 13.2 Å². The molecule has 0 heterocycles. The Morgan fingerprint density at radius 1 is 1.10 bits per heavy atom. The average molecular weight is 316 g/mol. The number of aliphatic hydroxyl groups excluding tert-OH is 1. The van der Waals surface area contributed by atoms with Crippen LogP contribution in [0.4, 0.5) is 18.9 Å². The monoisotopic (exact) mass is 315 g/mol. The van der Waals surface area contributed by atoms with Crippen LogP contribution in [0, 0.1) is 0 Å². The van der Waals surface area contributed by atoms with Crippen molar-refractivity contribution in [3.05, 3.63) is 64.2 Å². The summed E-state index contributed by atoms with van der Waals surface area (Å²) in [5.74, 6) is 0. The van der Waals surface area contributed by atoms with E-state index < -0.39 is 17.8 Å². The lowest BCUT2D eigenvalue weighted by Crippen LogP contribution is -2.10. The molecule has 112 valence electrons. The number of hydrogen-bond acceptors (Lipinski definition) is 2. The largest absolute Gasteiger partial charge is 0.416 e. The average Bonchev–Trinajstić information content (AvgIpc) is 2.40. The number of aliphatic hydroxyl groups is 1. The van der Waals surface area contributed by atoms with E-state index in [0.29, 0.717) is 5.02 Å². The number of halogens is 4. The highest BCUT2D eigenvalue weighted by molar-refractivity contribution is 6.30. The lowest BCUT2D eigenvalue weighted by atomic mass is 9.98. The van der Waals surface area contributed by atoms with Crippen LogP contribution in [0.2, 0.25) is 5.02 Å². The SMILES string of the molecule is Nc1ccc(C(F)(F)F)cc1C(O)Cc1ccc(Cl)cc1. The molecule has 0 aliphatic heterocycles. The van der Waals surface area contributed by atoms with Crippen molar-refractivity contribution < 1.29 is 18.3 Å². The summed E-state index contributed by atoms with van der Waals surface area (Å²) in [6, 6.07) is 9.65. The van der Waals surface area contributed by atoms with Gasteiger partial charge in [-0.05, 0) is 35.9 Å². The fraction of sp³-hybridized carbons (Fsp3) is 0.200. The third-order valence-corrected chi connectivity index (χ3v) is 3.37. The molecular weight excluding hydrogens is 303 g/mol. The van der Waals surface area contributed by atoms with Crippen molar-refractivity contribution in [2.45, 2.75) is 18.7 Å². The lowest BCUT2D eigenvalue weighted by Gasteiger charge is -2.16. The van der Waals surface area contributed by atoms with Crippen LogP contribution in [0.1, 0.15) is 22.8 Å². The lowest BCUT2D eigenvalue weighted by molar-refractivity contribution is -0.137. The van der Waals surface area contributed by atoms with Crippen LogP contribution in [-0.2, 0) is 12.6 Å². The van der Waals surface area contributed by atoms with E-state index in [2.05, 4.69) is 0 Å². The van der Waals surface area contributed by atoms with Crippen LogP contribution in [0.5, 0.6) is 0 Å². The molecular formula is C15H13ClF3NO. The summed E-state index contributed by atoms with van der Waals surface area (Å²) in [6.07, 6.45) is -5.43. The van der Waals surface area contributed by atoms with Crippen molar-refractivity contribution in [1.29, 1.82) is 0 Å². The maximum atomic E-state index is 12.7. The fourth-order valence-corrected chi connectivity index (χ4v) is 2.12. The van der Waals surface area contributed by atoms with Crippen molar-refractivity contribution in [3.8, 4) is 0 Å². The Morgan fingerprint density at radius 2 is 1.71 bits per heavy atom. The van der Waals surface area contributed by atoms with E-state index in [1.54, 1.807) is 24.3 Å². The molecule has 0 saturated heterocycles. The summed E-state index contributed by atoms with van der Waals surface area (Å²) in [5, 5.41) is 10.7. The smallest absolute Gasteiger partial charge is 0.398 e. The molecule has 0 amide bonds. The molecule has 6 heteroatoms. The highest BCUT2D eigenvalue weighted by atomic mass is 35.5. The minimum atomic E-state index is -4.47. The molecule has 21 heavy (non-hydrogen) atoms. The molecule has 3 N–H and O–H groups in total. The van der Waals surface area contributed by atoms with Crippen LogP contribution >= 0.6 is 11.6 Å². The van der Waals surface area contributed by atoms with E-state index >= 15 is 0 Å². The van der Waals surface area contributed by atoms with Gasteiger partial charge in [0.15, 0.2) is 0 Å². The molecule has 0 aromatic heterocycles. The van der Waals surface area contributed by atoms with Crippen molar-refractivity contribution in [2.75, 3.05) is 5.73 Å². The molecule has 1 unspecified atom stereocenters. The third kappa shape index (κ3) is 3.89. The standard InChI is InChI=1S/C15H13ClF3NO/c16-11-4-1-9(2-5-11)7-14(21)12-8-10(15(17,18)19)3-6-13(12)20/h1-6,8,14,21H,7,20H2. The first kappa shape index (κ1) is 15.7. The maximum Gasteiger partial charge on any atom is 0.416 e. The predicted molar refractivity (Wildman–Crippen MR) is 76.0 cm³/mol. The Bertz CT molecular complexity index is 626. The Morgan fingerprint density at radius 3 is 2.29 bits per heavy atom. The first-order valence-corrected chi connectivity index (χ1v) is 6.54. The zero-order valence-electron chi connectivity index (χ0n) is 10.9. The van der Waals surface area contributed by atoms with Crippen molar-refractivity contribution in [3.63, 3.8) is 0 Å². The van der Waals surface area contributed by atoms with Crippen LogP contribution in [0.3, 0.4) is 0 Å². The van der Waals surface area contributed by atoms with Crippen LogP contribution in [-0.4, -0.2) is 5.11 Å². The molecule has 0 saturated carbocycles. The molecule has 2 rings (SSSR count). The maximum absolute atomic E-state index is 12.7. The zero-order chi connectivity index (χ0) is 15.6. The molecule has 0 fully saturated rings. The van der Waals surface area contributed by atoms with Gasteiger partial charge < -0.3 is 10.8 Å². The first-order chi connectivity index (χ1) is 9.77. The number of benzene rings is 2.